The van der Waals surface area contributed by atoms with Gasteiger partial charge in [0.25, 0.3) is 0 Å². The number of benzene rings is 2. The van der Waals surface area contributed by atoms with Gasteiger partial charge in [0.05, 0.1) is 13.2 Å². The van der Waals surface area contributed by atoms with Crippen LogP contribution in [0.4, 0.5) is 4.39 Å². The van der Waals surface area contributed by atoms with Gasteiger partial charge in [0.1, 0.15) is 11.6 Å². The highest BCUT2D eigenvalue weighted by atomic mass is 79.9. The Morgan fingerprint density at radius 3 is 2.45 bits per heavy atom. The van der Waals surface area contributed by atoms with Crippen LogP contribution in [0.25, 0.3) is 0 Å². The highest BCUT2D eigenvalue weighted by Gasteiger charge is 2.11. The standard InChI is InChI=1S/C16H16BrFO2/c1-20-15-6-2-11(3-7-15)8-14(19)9-12-4-5-13(17)10-16(12)18/h2-7,10,14,19H,8-9H2,1H3. The van der Waals surface area contributed by atoms with Gasteiger partial charge in [-0.15, -0.1) is 0 Å². The van der Waals surface area contributed by atoms with Crippen LogP contribution >= 0.6 is 15.9 Å². The zero-order chi connectivity index (χ0) is 14.5. The normalized spacial score (nSPS) is 12.2. The SMILES string of the molecule is COc1ccc(CC(O)Cc2ccc(Br)cc2F)cc1. The van der Waals surface area contributed by atoms with Crippen molar-refractivity contribution in [1.82, 2.24) is 0 Å². The summed E-state index contributed by atoms with van der Waals surface area (Å²) in [4.78, 5) is 0. The van der Waals surface area contributed by atoms with Crippen LogP contribution in [0.2, 0.25) is 0 Å². The molecule has 20 heavy (non-hydrogen) atoms. The van der Waals surface area contributed by atoms with Crippen LogP contribution in [0.1, 0.15) is 11.1 Å². The van der Waals surface area contributed by atoms with Gasteiger partial charge in [-0.2, -0.15) is 0 Å². The molecule has 0 aliphatic rings. The molecule has 2 nitrogen and oxygen atoms in total. The van der Waals surface area contributed by atoms with E-state index in [1.807, 2.05) is 24.3 Å². The summed E-state index contributed by atoms with van der Waals surface area (Å²) in [5.74, 6) is 0.482. The van der Waals surface area contributed by atoms with Crippen LogP contribution in [0.15, 0.2) is 46.9 Å². The third-order valence-corrected chi connectivity index (χ3v) is 3.59. The van der Waals surface area contributed by atoms with Crippen molar-refractivity contribution in [3.63, 3.8) is 0 Å². The number of ether oxygens (including phenoxy) is 1. The Hall–Kier alpha value is -1.39. The molecule has 0 fully saturated rings. The molecule has 106 valence electrons. The van der Waals surface area contributed by atoms with Gasteiger partial charge in [-0.3, -0.25) is 0 Å². The summed E-state index contributed by atoms with van der Waals surface area (Å²) in [6.07, 6.45) is 0.170. The summed E-state index contributed by atoms with van der Waals surface area (Å²) in [6.45, 7) is 0. The van der Waals surface area contributed by atoms with E-state index in [9.17, 15) is 9.50 Å². The maximum atomic E-state index is 13.7. The van der Waals surface area contributed by atoms with Crippen molar-refractivity contribution >= 4 is 15.9 Å². The maximum absolute atomic E-state index is 13.7. The van der Waals surface area contributed by atoms with Crippen LogP contribution in [0.5, 0.6) is 5.75 Å². The first kappa shape index (κ1) is 15.0. The summed E-state index contributed by atoms with van der Waals surface area (Å²) in [5.41, 5.74) is 1.52. The lowest BCUT2D eigenvalue weighted by Crippen LogP contribution is -2.14. The number of hydrogen-bond donors (Lipinski definition) is 1. The van der Waals surface area contributed by atoms with Crippen LogP contribution in [0.3, 0.4) is 0 Å². The predicted octanol–water partition coefficient (Wildman–Crippen LogP) is 3.74. The second kappa shape index (κ2) is 6.86. The fraction of sp³-hybridized carbons (Fsp3) is 0.250. The van der Waals surface area contributed by atoms with Crippen molar-refractivity contribution in [1.29, 1.82) is 0 Å². The molecule has 0 saturated heterocycles. The molecular formula is C16H16BrFO2. The van der Waals surface area contributed by atoms with Crippen LogP contribution in [0, 0.1) is 5.82 Å². The quantitative estimate of drug-likeness (QED) is 0.899. The zero-order valence-corrected chi connectivity index (χ0v) is 12.7. The fourth-order valence-electron chi connectivity index (χ4n) is 2.05. The second-order valence-corrected chi connectivity index (χ2v) is 5.56. The van der Waals surface area contributed by atoms with E-state index in [0.29, 0.717) is 22.9 Å². The maximum Gasteiger partial charge on any atom is 0.127 e. The summed E-state index contributed by atoms with van der Waals surface area (Å²) in [5, 5.41) is 10.1. The van der Waals surface area contributed by atoms with Crippen LogP contribution in [-0.2, 0) is 12.8 Å². The molecule has 1 atom stereocenters. The van der Waals surface area contributed by atoms with Gasteiger partial charge < -0.3 is 9.84 Å². The molecule has 0 aliphatic heterocycles. The van der Waals surface area contributed by atoms with Crippen molar-refractivity contribution in [3.05, 3.63) is 63.9 Å². The second-order valence-electron chi connectivity index (χ2n) is 4.65. The lowest BCUT2D eigenvalue weighted by atomic mass is 10.0. The molecule has 4 heteroatoms. The van der Waals surface area contributed by atoms with Crippen molar-refractivity contribution in [2.75, 3.05) is 7.11 Å². The average molecular weight is 339 g/mol. The topological polar surface area (TPSA) is 29.5 Å². The molecule has 0 spiro atoms. The largest absolute Gasteiger partial charge is 0.497 e. The van der Waals surface area contributed by atoms with Crippen molar-refractivity contribution < 1.29 is 14.2 Å². The highest BCUT2D eigenvalue weighted by molar-refractivity contribution is 9.10. The zero-order valence-electron chi connectivity index (χ0n) is 11.1. The number of halogens is 2. The molecule has 0 radical (unpaired) electrons. The Labute approximate surface area is 126 Å². The molecule has 2 rings (SSSR count). The summed E-state index contributed by atoms with van der Waals surface area (Å²) >= 11 is 3.22. The molecule has 0 saturated carbocycles. The minimum Gasteiger partial charge on any atom is -0.497 e. The van der Waals surface area contributed by atoms with E-state index in [0.717, 1.165) is 11.3 Å². The average Bonchev–Trinajstić information content (AvgIpc) is 2.43. The van der Waals surface area contributed by atoms with Gasteiger partial charge in [0, 0.05) is 10.9 Å². The van der Waals surface area contributed by atoms with Gasteiger partial charge in [0.2, 0.25) is 0 Å². The molecule has 0 heterocycles. The molecule has 0 aliphatic carbocycles. The van der Waals surface area contributed by atoms with E-state index in [1.165, 1.54) is 6.07 Å². The van der Waals surface area contributed by atoms with Gasteiger partial charge in [-0.25, -0.2) is 4.39 Å². The van der Waals surface area contributed by atoms with E-state index >= 15 is 0 Å². The van der Waals surface area contributed by atoms with E-state index in [-0.39, 0.29) is 5.82 Å². The molecule has 2 aromatic rings. The van der Waals surface area contributed by atoms with Gasteiger partial charge >= 0.3 is 0 Å². The Morgan fingerprint density at radius 1 is 1.15 bits per heavy atom. The van der Waals surface area contributed by atoms with Crippen molar-refractivity contribution in [3.8, 4) is 5.75 Å². The lowest BCUT2D eigenvalue weighted by Gasteiger charge is -2.12. The highest BCUT2D eigenvalue weighted by Crippen LogP contribution is 2.18. The summed E-state index contributed by atoms with van der Waals surface area (Å²) in [6, 6.07) is 12.4. The number of aliphatic hydroxyl groups is 1. The lowest BCUT2D eigenvalue weighted by molar-refractivity contribution is 0.174. The predicted molar refractivity (Wildman–Crippen MR) is 80.5 cm³/mol. The molecular weight excluding hydrogens is 323 g/mol. The summed E-state index contributed by atoms with van der Waals surface area (Å²) < 4.78 is 19.5. The monoisotopic (exact) mass is 338 g/mol. The first-order valence-corrected chi connectivity index (χ1v) is 7.12. The summed E-state index contributed by atoms with van der Waals surface area (Å²) in [7, 11) is 1.61. The van der Waals surface area contributed by atoms with Gasteiger partial charge in [-0.1, -0.05) is 34.1 Å². The fourth-order valence-corrected chi connectivity index (χ4v) is 2.38. The third-order valence-electron chi connectivity index (χ3n) is 3.10. The Bertz CT molecular complexity index is 569. The molecule has 1 N–H and O–H groups in total. The number of hydrogen-bond acceptors (Lipinski definition) is 2. The minimum atomic E-state index is -0.612. The third kappa shape index (κ3) is 4.05. The molecule has 1 unspecified atom stereocenters. The van der Waals surface area contributed by atoms with E-state index in [4.69, 9.17) is 4.74 Å². The smallest absolute Gasteiger partial charge is 0.127 e. The van der Waals surface area contributed by atoms with Gasteiger partial charge in [-0.05, 0) is 41.8 Å². The van der Waals surface area contributed by atoms with E-state index < -0.39 is 6.10 Å². The molecule has 0 aromatic heterocycles. The minimum absolute atomic E-state index is 0.297. The number of methoxy groups -OCH3 is 1. The molecule has 0 amide bonds. The van der Waals surface area contributed by atoms with Crippen LogP contribution < -0.4 is 4.74 Å². The van der Waals surface area contributed by atoms with Gasteiger partial charge in [0.15, 0.2) is 0 Å². The molecule has 2 aromatic carbocycles. The molecule has 0 bridgehead atoms. The Balaban J connectivity index is 1.99. The Kier molecular flexibility index (Phi) is 5.15. The Morgan fingerprint density at radius 2 is 1.85 bits per heavy atom. The first-order chi connectivity index (χ1) is 9.58. The van der Waals surface area contributed by atoms with Crippen LogP contribution in [-0.4, -0.2) is 18.3 Å². The number of aliphatic hydroxyl groups excluding tert-OH is 1. The van der Waals surface area contributed by atoms with E-state index in [2.05, 4.69) is 15.9 Å². The van der Waals surface area contributed by atoms with Crippen molar-refractivity contribution in [2.45, 2.75) is 18.9 Å². The van der Waals surface area contributed by atoms with E-state index in [1.54, 1.807) is 19.2 Å². The van der Waals surface area contributed by atoms with Crippen molar-refractivity contribution in [2.24, 2.45) is 0 Å². The number of rotatable bonds is 5. The first-order valence-electron chi connectivity index (χ1n) is 6.33.